The van der Waals surface area contributed by atoms with E-state index < -0.39 is 0 Å². The molecule has 0 saturated carbocycles. The predicted octanol–water partition coefficient (Wildman–Crippen LogP) is 0.653. The first-order valence-corrected chi connectivity index (χ1v) is 4.16. The highest BCUT2D eigenvalue weighted by molar-refractivity contribution is 5.79. The van der Waals surface area contributed by atoms with Crippen molar-refractivity contribution in [2.75, 3.05) is 13.1 Å². The lowest BCUT2D eigenvalue weighted by Gasteiger charge is -2.19. The van der Waals surface area contributed by atoms with Crippen molar-refractivity contribution in [3.8, 4) is 0 Å². The zero-order chi connectivity index (χ0) is 8.43. The van der Waals surface area contributed by atoms with Crippen LogP contribution in [-0.4, -0.2) is 29.9 Å². The van der Waals surface area contributed by atoms with Gasteiger partial charge >= 0.3 is 0 Å². The fourth-order valence-electron chi connectivity index (χ4n) is 1.83. The average Bonchev–Trinajstić information content (AvgIpc) is 2.09. The Labute approximate surface area is 68.1 Å². The quantitative estimate of drug-likeness (QED) is 0.454. The summed E-state index contributed by atoms with van der Waals surface area (Å²) in [4.78, 5) is 2.27. The number of nitrogens with two attached hydrogens (primary N) is 1. The monoisotopic (exact) mass is 155 g/mol. The maximum Gasteiger partial charge on any atom is 0.105 e. The first-order chi connectivity index (χ1) is 5.09. The smallest absolute Gasteiger partial charge is 0.105 e. The van der Waals surface area contributed by atoms with Gasteiger partial charge in [-0.1, -0.05) is 6.92 Å². The number of hydrogen-bond acceptors (Lipinski definition) is 2. The molecular formula is C8H17N3. The molecule has 1 heterocycles. The number of hydrogen-bond donors (Lipinski definition) is 2. The van der Waals surface area contributed by atoms with Gasteiger partial charge in [-0.25, -0.2) is 0 Å². The van der Waals surface area contributed by atoms with E-state index in [1.54, 1.807) is 0 Å². The molecule has 3 N–H and O–H groups in total. The molecule has 0 aromatic carbocycles. The number of nitrogens with zero attached hydrogens (tertiary/aromatic N) is 1. The third kappa shape index (κ3) is 2.19. The van der Waals surface area contributed by atoms with Crippen LogP contribution < -0.4 is 5.73 Å². The zero-order valence-electron chi connectivity index (χ0n) is 7.30. The summed E-state index contributed by atoms with van der Waals surface area (Å²) in [7, 11) is 0. The molecule has 0 amide bonds. The summed E-state index contributed by atoms with van der Waals surface area (Å²) in [6.45, 7) is 6.19. The van der Waals surface area contributed by atoms with E-state index in [1.807, 2.05) is 0 Å². The van der Waals surface area contributed by atoms with Gasteiger partial charge in [-0.2, -0.15) is 0 Å². The Balaban J connectivity index is 2.40. The Morgan fingerprint density at radius 3 is 2.64 bits per heavy atom. The molecule has 2 unspecified atom stereocenters. The Hall–Kier alpha value is -0.570. The van der Waals surface area contributed by atoms with Gasteiger partial charge in [0.25, 0.3) is 0 Å². The van der Waals surface area contributed by atoms with Crippen LogP contribution in [0.15, 0.2) is 0 Å². The molecular weight excluding hydrogens is 138 g/mol. The molecule has 0 bridgehead atoms. The van der Waals surface area contributed by atoms with Gasteiger partial charge in [0.2, 0.25) is 0 Å². The van der Waals surface area contributed by atoms with Gasteiger partial charge in [0, 0.05) is 12.6 Å². The second-order valence-corrected chi connectivity index (χ2v) is 3.64. The molecule has 0 aromatic heterocycles. The van der Waals surface area contributed by atoms with Crippen molar-refractivity contribution in [3.63, 3.8) is 0 Å². The summed E-state index contributed by atoms with van der Waals surface area (Å²) in [5.41, 5.74) is 5.32. The molecule has 11 heavy (non-hydrogen) atoms. The standard InChI is InChI=1S/C8H17N3/c1-6-3-7(2)11(4-6)5-8(9)10/h6-7H,3-5H2,1-2H3,(H3,9,10). The highest BCUT2D eigenvalue weighted by Gasteiger charge is 2.25. The molecule has 1 saturated heterocycles. The minimum atomic E-state index is 0.283. The summed E-state index contributed by atoms with van der Waals surface area (Å²) in [6.07, 6.45) is 1.24. The van der Waals surface area contributed by atoms with E-state index in [9.17, 15) is 0 Å². The molecule has 3 nitrogen and oxygen atoms in total. The van der Waals surface area contributed by atoms with E-state index in [2.05, 4.69) is 18.7 Å². The van der Waals surface area contributed by atoms with Crippen LogP contribution >= 0.6 is 0 Å². The Morgan fingerprint density at radius 2 is 2.27 bits per heavy atom. The van der Waals surface area contributed by atoms with Gasteiger partial charge in [-0.3, -0.25) is 10.3 Å². The van der Waals surface area contributed by atoms with Crippen LogP contribution in [0.5, 0.6) is 0 Å². The molecule has 0 spiro atoms. The van der Waals surface area contributed by atoms with E-state index in [-0.39, 0.29) is 5.84 Å². The number of likely N-dealkylation sites (tertiary alicyclic amines) is 1. The van der Waals surface area contributed by atoms with Gasteiger partial charge < -0.3 is 5.73 Å². The highest BCUT2D eigenvalue weighted by atomic mass is 15.2. The Morgan fingerprint density at radius 1 is 1.64 bits per heavy atom. The van der Waals surface area contributed by atoms with Crippen molar-refractivity contribution in [1.82, 2.24) is 4.90 Å². The maximum atomic E-state index is 7.15. The third-order valence-electron chi connectivity index (χ3n) is 2.29. The minimum absolute atomic E-state index is 0.283. The summed E-state index contributed by atoms with van der Waals surface area (Å²) in [6, 6.07) is 0.605. The van der Waals surface area contributed by atoms with E-state index in [1.165, 1.54) is 6.42 Å². The van der Waals surface area contributed by atoms with Crippen LogP contribution in [0.3, 0.4) is 0 Å². The summed E-state index contributed by atoms with van der Waals surface area (Å²) in [5, 5.41) is 7.15. The van der Waals surface area contributed by atoms with Gasteiger partial charge in [0.15, 0.2) is 0 Å². The largest absolute Gasteiger partial charge is 0.387 e. The molecule has 1 aliphatic heterocycles. The third-order valence-corrected chi connectivity index (χ3v) is 2.29. The first-order valence-electron chi connectivity index (χ1n) is 4.16. The van der Waals surface area contributed by atoms with Crippen LogP contribution in [0, 0.1) is 11.3 Å². The SMILES string of the molecule is CC1CC(C)N(CC(=N)N)C1. The highest BCUT2D eigenvalue weighted by Crippen LogP contribution is 2.21. The second-order valence-electron chi connectivity index (χ2n) is 3.64. The number of amidine groups is 1. The van der Waals surface area contributed by atoms with Gasteiger partial charge in [0.1, 0.15) is 5.84 Å². The van der Waals surface area contributed by atoms with Crippen LogP contribution in [0.1, 0.15) is 20.3 Å². The minimum Gasteiger partial charge on any atom is -0.387 e. The normalized spacial score (nSPS) is 32.5. The van der Waals surface area contributed by atoms with Gasteiger partial charge in [0.05, 0.1) is 6.54 Å². The van der Waals surface area contributed by atoms with Crippen molar-refractivity contribution in [2.45, 2.75) is 26.3 Å². The summed E-state index contributed by atoms with van der Waals surface area (Å²) < 4.78 is 0. The van der Waals surface area contributed by atoms with Crippen LogP contribution in [-0.2, 0) is 0 Å². The van der Waals surface area contributed by atoms with Crippen molar-refractivity contribution in [2.24, 2.45) is 11.7 Å². The van der Waals surface area contributed by atoms with Crippen LogP contribution in [0.2, 0.25) is 0 Å². The second kappa shape index (κ2) is 3.22. The maximum absolute atomic E-state index is 7.15. The van der Waals surface area contributed by atoms with E-state index in [0.29, 0.717) is 12.6 Å². The molecule has 1 fully saturated rings. The van der Waals surface area contributed by atoms with Crippen molar-refractivity contribution in [3.05, 3.63) is 0 Å². The topological polar surface area (TPSA) is 53.1 Å². The predicted molar refractivity (Wildman–Crippen MR) is 46.7 cm³/mol. The number of nitrogens with one attached hydrogen (secondary N) is 1. The van der Waals surface area contributed by atoms with Crippen LogP contribution in [0.25, 0.3) is 0 Å². The molecule has 1 aliphatic rings. The van der Waals surface area contributed by atoms with Gasteiger partial charge in [-0.15, -0.1) is 0 Å². The van der Waals surface area contributed by atoms with Crippen LogP contribution in [0.4, 0.5) is 0 Å². The lowest BCUT2D eigenvalue weighted by Crippen LogP contribution is -2.35. The molecule has 2 atom stereocenters. The fourth-order valence-corrected chi connectivity index (χ4v) is 1.83. The molecule has 64 valence electrons. The Bertz CT molecular complexity index is 155. The lowest BCUT2D eigenvalue weighted by atomic mass is 10.1. The fraction of sp³-hybridized carbons (Fsp3) is 0.875. The summed E-state index contributed by atoms with van der Waals surface area (Å²) in [5.74, 6) is 1.05. The number of rotatable bonds is 2. The Kier molecular flexibility index (Phi) is 2.49. The van der Waals surface area contributed by atoms with E-state index in [4.69, 9.17) is 11.1 Å². The van der Waals surface area contributed by atoms with Crippen molar-refractivity contribution in [1.29, 1.82) is 5.41 Å². The molecule has 1 rings (SSSR count). The van der Waals surface area contributed by atoms with Crippen molar-refractivity contribution >= 4 is 5.84 Å². The molecule has 0 radical (unpaired) electrons. The lowest BCUT2D eigenvalue weighted by molar-refractivity contribution is 0.302. The average molecular weight is 155 g/mol. The molecule has 0 aromatic rings. The van der Waals surface area contributed by atoms with E-state index >= 15 is 0 Å². The zero-order valence-corrected chi connectivity index (χ0v) is 7.30. The van der Waals surface area contributed by atoms with Gasteiger partial charge in [-0.05, 0) is 19.3 Å². The van der Waals surface area contributed by atoms with E-state index in [0.717, 1.165) is 12.5 Å². The first kappa shape index (κ1) is 8.53. The summed E-state index contributed by atoms with van der Waals surface area (Å²) >= 11 is 0. The van der Waals surface area contributed by atoms with Crippen molar-refractivity contribution < 1.29 is 0 Å². The molecule has 3 heteroatoms. The molecule has 0 aliphatic carbocycles.